The number of hydrazone groups is 1. The Balaban J connectivity index is 1.34. The molecule has 4 aromatic carbocycles. The van der Waals surface area contributed by atoms with Crippen molar-refractivity contribution in [2.45, 2.75) is 17.8 Å². The minimum Gasteiger partial charge on any atom is -0.274 e. The van der Waals surface area contributed by atoms with Crippen LogP contribution in [0.3, 0.4) is 0 Å². The van der Waals surface area contributed by atoms with Gasteiger partial charge in [-0.1, -0.05) is 90.5 Å². The minimum absolute atomic E-state index is 0.127. The normalized spacial score (nSPS) is 24.1. The first kappa shape index (κ1) is 24.5. The average Bonchev–Trinajstić information content (AvgIpc) is 3.25. The summed E-state index contributed by atoms with van der Waals surface area (Å²) in [5.74, 6) is -2.30. The van der Waals surface area contributed by atoms with Crippen LogP contribution in [0.4, 0.5) is 5.69 Å². The van der Waals surface area contributed by atoms with Gasteiger partial charge in [-0.25, -0.2) is 10.3 Å². The molecule has 0 aromatic heterocycles. The average molecular weight is 546 g/mol. The number of anilines is 1. The van der Waals surface area contributed by atoms with Crippen molar-refractivity contribution in [2.24, 2.45) is 16.9 Å². The van der Waals surface area contributed by atoms with E-state index in [9.17, 15) is 14.4 Å². The summed E-state index contributed by atoms with van der Waals surface area (Å²) < 4.78 is 0. The summed E-state index contributed by atoms with van der Waals surface area (Å²) in [5.41, 5.74) is 6.90. The second-order valence-corrected chi connectivity index (χ2v) is 10.9. The minimum atomic E-state index is -1.03. The molecule has 8 rings (SSSR count). The van der Waals surface area contributed by atoms with Crippen LogP contribution in [0, 0.1) is 11.8 Å². The molecule has 4 aromatic rings. The van der Waals surface area contributed by atoms with Crippen LogP contribution in [0.15, 0.2) is 108 Å². The number of nitrogens with one attached hydrogen (secondary N) is 1. The lowest BCUT2D eigenvalue weighted by molar-refractivity contribution is -0.123. The zero-order chi connectivity index (χ0) is 27.4. The fraction of sp³-hybridized carbons (Fsp3) is 0.152. The van der Waals surface area contributed by atoms with Gasteiger partial charge in [0.1, 0.15) is 0 Å². The van der Waals surface area contributed by atoms with Crippen LogP contribution in [0.1, 0.15) is 33.7 Å². The predicted octanol–water partition coefficient (Wildman–Crippen LogP) is 5.24. The highest BCUT2D eigenvalue weighted by atomic mass is 35.5. The summed E-state index contributed by atoms with van der Waals surface area (Å²) in [4.78, 5) is 42.5. The Labute approximate surface area is 236 Å². The van der Waals surface area contributed by atoms with Crippen molar-refractivity contribution < 1.29 is 14.4 Å². The number of halogens is 1. The molecule has 2 atom stereocenters. The van der Waals surface area contributed by atoms with E-state index in [-0.39, 0.29) is 30.1 Å². The largest absolute Gasteiger partial charge is 0.274 e. The molecule has 0 radical (unpaired) electrons. The van der Waals surface area contributed by atoms with E-state index < -0.39 is 17.3 Å². The number of amides is 3. The lowest BCUT2D eigenvalue weighted by Gasteiger charge is -2.52. The van der Waals surface area contributed by atoms with Gasteiger partial charge in [0.15, 0.2) is 0 Å². The van der Waals surface area contributed by atoms with Gasteiger partial charge in [0.25, 0.3) is 0 Å². The molecule has 40 heavy (non-hydrogen) atoms. The van der Waals surface area contributed by atoms with Crippen molar-refractivity contribution in [3.63, 3.8) is 0 Å². The zero-order valence-corrected chi connectivity index (χ0v) is 22.1. The number of hydrogen-bond donors (Lipinski definition) is 1. The van der Waals surface area contributed by atoms with Crippen molar-refractivity contribution in [3.05, 3.63) is 136 Å². The highest BCUT2D eigenvalue weighted by Crippen LogP contribution is 2.63. The molecule has 4 aliphatic rings. The quantitative estimate of drug-likeness (QED) is 0.212. The van der Waals surface area contributed by atoms with Crippen LogP contribution >= 0.6 is 11.6 Å². The van der Waals surface area contributed by atoms with E-state index in [0.29, 0.717) is 10.7 Å². The number of para-hydroxylation sites is 1. The van der Waals surface area contributed by atoms with E-state index in [0.717, 1.165) is 27.8 Å². The molecule has 2 bridgehead atoms. The van der Waals surface area contributed by atoms with Gasteiger partial charge >= 0.3 is 0 Å². The van der Waals surface area contributed by atoms with Gasteiger partial charge in [-0.15, -0.1) is 0 Å². The predicted molar refractivity (Wildman–Crippen MR) is 153 cm³/mol. The Kier molecular flexibility index (Phi) is 5.68. The summed E-state index contributed by atoms with van der Waals surface area (Å²) in [6.07, 6.45) is 1.80. The molecule has 3 aliphatic carbocycles. The van der Waals surface area contributed by atoms with Crippen LogP contribution in [0.5, 0.6) is 0 Å². The first-order valence-electron chi connectivity index (χ1n) is 13.2. The Bertz CT molecular complexity index is 1650. The van der Waals surface area contributed by atoms with Gasteiger partial charge in [0, 0.05) is 17.2 Å². The van der Waals surface area contributed by atoms with E-state index in [1.165, 1.54) is 4.90 Å². The zero-order valence-electron chi connectivity index (χ0n) is 21.3. The van der Waals surface area contributed by atoms with Crippen LogP contribution in [0.2, 0.25) is 5.02 Å². The summed E-state index contributed by atoms with van der Waals surface area (Å²) in [7, 11) is 0. The number of rotatable bonds is 5. The Morgan fingerprint density at radius 1 is 0.825 bits per heavy atom. The lowest BCUT2D eigenvalue weighted by atomic mass is 9.47. The monoisotopic (exact) mass is 545 g/mol. The van der Waals surface area contributed by atoms with Crippen LogP contribution in [-0.4, -0.2) is 23.9 Å². The third-order valence-electron chi connectivity index (χ3n) is 8.43. The number of carbonyl (C=O) groups excluding carboxylic acids is 3. The second-order valence-electron chi connectivity index (χ2n) is 10.5. The Hall–Kier alpha value is -4.55. The first-order chi connectivity index (χ1) is 19.5. The summed E-state index contributed by atoms with van der Waals surface area (Å²) in [5, 5.41) is 5.06. The fourth-order valence-electron chi connectivity index (χ4n) is 6.91. The van der Waals surface area contributed by atoms with Crippen molar-refractivity contribution in [1.82, 2.24) is 5.43 Å². The first-order valence-corrected chi connectivity index (χ1v) is 13.6. The smallest absolute Gasteiger partial charge is 0.244 e. The molecule has 1 heterocycles. The van der Waals surface area contributed by atoms with Crippen LogP contribution in [-0.2, 0) is 26.2 Å². The molecule has 196 valence electrons. The maximum atomic E-state index is 14.3. The molecule has 1 fully saturated rings. The molecule has 0 spiro atoms. The third-order valence-corrected chi connectivity index (χ3v) is 8.69. The number of benzene rings is 4. The van der Waals surface area contributed by atoms with E-state index >= 15 is 0 Å². The summed E-state index contributed by atoms with van der Waals surface area (Å²) >= 11 is 5.97. The van der Waals surface area contributed by atoms with E-state index in [4.69, 9.17) is 11.6 Å². The molecule has 1 N–H and O–H groups in total. The van der Waals surface area contributed by atoms with Crippen LogP contribution < -0.4 is 10.3 Å². The van der Waals surface area contributed by atoms with Crippen molar-refractivity contribution in [1.29, 1.82) is 0 Å². The van der Waals surface area contributed by atoms with Gasteiger partial charge < -0.3 is 0 Å². The topological polar surface area (TPSA) is 78.8 Å². The summed E-state index contributed by atoms with van der Waals surface area (Å²) in [6.45, 7) is 0. The second kappa shape index (κ2) is 9.28. The number of imide groups is 1. The molecule has 0 saturated carbocycles. The highest BCUT2D eigenvalue weighted by Gasteiger charge is 2.68. The van der Waals surface area contributed by atoms with Crippen molar-refractivity contribution in [2.75, 3.05) is 4.90 Å². The number of nitrogens with zero attached hydrogens (tertiary/aromatic N) is 2. The highest BCUT2D eigenvalue weighted by molar-refractivity contribution is 6.30. The molecule has 7 heteroatoms. The standard InChI is InChI=1S/C33H24ClN3O3/c34-21-16-14-20(15-17-21)18-27(38)36-35-19-33-25-12-6-4-10-23(25)28(24-11-5-7-13-26(24)33)29-30(33)32(40)37(31(29)39)22-8-2-1-3-9-22/h1-17,19,28-30H,18H2,(H,36,38)/b35-19-/t28?,29-,30-,33?/m1/s1. The van der Waals surface area contributed by atoms with Gasteiger partial charge in [-0.05, 0) is 52.1 Å². The molecular formula is C33H24ClN3O3. The molecule has 6 nitrogen and oxygen atoms in total. The van der Waals surface area contributed by atoms with Crippen molar-refractivity contribution in [3.8, 4) is 0 Å². The number of hydrogen-bond acceptors (Lipinski definition) is 4. The Morgan fingerprint density at radius 3 is 2.08 bits per heavy atom. The summed E-state index contributed by atoms with van der Waals surface area (Å²) in [6, 6.07) is 32.1. The SMILES string of the molecule is O=C(Cc1ccc(Cl)cc1)N/N=C\C12c3ccccc3C(c3ccccc31)[C@H]1C(=O)N(c3ccccc3)C(=O)[C@@H]12. The van der Waals surface area contributed by atoms with Gasteiger partial charge in [0.2, 0.25) is 17.7 Å². The van der Waals surface area contributed by atoms with E-state index in [1.807, 2.05) is 66.7 Å². The van der Waals surface area contributed by atoms with Crippen molar-refractivity contribution >= 4 is 41.2 Å². The van der Waals surface area contributed by atoms with E-state index in [2.05, 4.69) is 10.5 Å². The molecular weight excluding hydrogens is 522 g/mol. The maximum absolute atomic E-state index is 14.3. The van der Waals surface area contributed by atoms with Gasteiger partial charge in [-0.2, -0.15) is 5.10 Å². The van der Waals surface area contributed by atoms with Gasteiger partial charge in [-0.3, -0.25) is 14.4 Å². The molecule has 3 amide bonds. The molecule has 1 saturated heterocycles. The van der Waals surface area contributed by atoms with Crippen LogP contribution in [0.25, 0.3) is 0 Å². The van der Waals surface area contributed by atoms with E-state index in [1.54, 1.807) is 42.6 Å². The maximum Gasteiger partial charge on any atom is 0.244 e. The third kappa shape index (κ3) is 3.49. The Morgan fingerprint density at radius 2 is 1.43 bits per heavy atom. The molecule has 1 aliphatic heterocycles. The lowest BCUT2D eigenvalue weighted by Crippen LogP contribution is -2.54. The number of carbonyl (C=O) groups is 3. The molecule has 0 unspecified atom stereocenters. The van der Waals surface area contributed by atoms with Gasteiger partial charge in [0.05, 0.1) is 29.4 Å². The fourth-order valence-corrected chi connectivity index (χ4v) is 7.04.